The lowest BCUT2D eigenvalue weighted by atomic mass is 9.73. The molecule has 2 unspecified atom stereocenters. The van der Waals surface area contributed by atoms with E-state index in [-0.39, 0.29) is 5.41 Å². The Balaban J connectivity index is 1.63. The molecule has 2 atom stereocenters. The number of rotatable bonds is 6. The third-order valence-corrected chi connectivity index (χ3v) is 4.91. The molecular weight excluding hydrogens is 238 g/mol. The van der Waals surface area contributed by atoms with Gasteiger partial charge in [-0.2, -0.15) is 0 Å². The van der Waals surface area contributed by atoms with Gasteiger partial charge in [-0.3, -0.25) is 0 Å². The van der Waals surface area contributed by atoms with Crippen LogP contribution >= 0.6 is 0 Å². The second-order valence-corrected chi connectivity index (χ2v) is 6.60. The molecule has 3 fully saturated rings. The Morgan fingerprint density at radius 3 is 3.05 bits per heavy atom. The van der Waals surface area contributed by atoms with Gasteiger partial charge in [0, 0.05) is 31.7 Å². The molecule has 3 heteroatoms. The summed E-state index contributed by atoms with van der Waals surface area (Å²) in [6.07, 6.45) is 8.78. The van der Waals surface area contributed by atoms with Crippen LogP contribution in [0.2, 0.25) is 0 Å². The fraction of sp³-hybridized carbons (Fsp3) is 0.875. The highest BCUT2D eigenvalue weighted by atomic mass is 16.5. The average Bonchev–Trinajstić information content (AvgIpc) is 3.23. The first-order chi connectivity index (χ1) is 9.32. The number of nitrogens with zero attached hydrogens (tertiary/aromatic N) is 1. The van der Waals surface area contributed by atoms with Gasteiger partial charge in [0.25, 0.3) is 0 Å². The zero-order valence-electron chi connectivity index (χ0n) is 12.0. The minimum absolute atomic E-state index is 0.244. The first-order valence-electron chi connectivity index (χ1n) is 7.85. The molecule has 0 radical (unpaired) electrons. The van der Waals surface area contributed by atoms with Crippen molar-refractivity contribution in [1.29, 1.82) is 0 Å². The maximum absolute atomic E-state index is 6.05. The lowest BCUT2D eigenvalue weighted by Gasteiger charge is -2.50. The Hall–Kier alpha value is -0.380. The van der Waals surface area contributed by atoms with Gasteiger partial charge in [-0.15, -0.1) is 6.58 Å². The lowest BCUT2D eigenvalue weighted by Crippen LogP contribution is -2.57. The molecule has 0 bridgehead atoms. The topological polar surface area (TPSA) is 21.7 Å². The van der Waals surface area contributed by atoms with Gasteiger partial charge in [0.1, 0.15) is 0 Å². The molecule has 3 nitrogen and oxygen atoms in total. The summed E-state index contributed by atoms with van der Waals surface area (Å²) < 4.78 is 11.9. The molecule has 0 amide bonds. The Morgan fingerprint density at radius 2 is 2.26 bits per heavy atom. The Labute approximate surface area is 116 Å². The molecule has 0 aromatic heterocycles. The summed E-state index contributed by atoms with van der Waals surface area (Å²) in [7, 11) is 0. The average molecular weight is 265 g/mol. The standard InChI is InChI=1S/C16H27NO2/c1-2-9-18-13-16-7-3-10-19-15(16)6-8-17(12-16)11-14-4-5-14/h2,14-15H,1,3-13H2. The molecule has 0 spiro atoms. The van der Waals surface area contributed by atoms with Crippen LogP contribution in [-0.2, 0) is 9.47 Å². The van der Waals surface area contributed by atoms with Crippen molar-refractivity contribution >= 4 is 0 Å². The van der Waals surface area contributed by atoms with Crippen molar-refractivity contribution in [3.8, 4) is 0 Å². The molecular formula is C16H27NO2. The monoisotopic (exact) mass is 265 g/mol. The minimum Gasteiger partial charge on any atom is -0.377 e. The number of fused-ring (bicyclic) bond motifs is 1. The smallest absolute Gasteiger partial charge is 0.0677 e. The van der Waals surface area contributed by atoms with Gasteiger partial charge in [-0.25, -0.2) is 0 Å². The van der Waals surface area contributed by atoms with Gasteiger partial charge in [-0.05, 0) is 38.0 Å². The van der Waals surface area contributed by atoms with Crippen LogP contribution in [0.15, 0.2) is 12.7 Å². The van der Waals surface area contributed by atoms with E-state index in [0.29, 0.717) is 12.7 Å². The van der Waals surface area contributed by atoms with Crippen molar-refractivity contribution in [3.05, 3.63) is 12.7 Å². The summed E-state index contributed by atoms with van der Waals surface area (Å²) in [5, 5.41) is 0. The van der Waals surface area contributed by atoms with Crippen molar-refractivity contribution in [2.24, 2.45) is 11.3 Å². The van der Waals surface area contributed by atoms with Crippen molar-refractivity contribution in [1.82, 2.24) is 4.90 Å². The molecule has 0 aromatic carbocycles. The molecule has 3 aliphatic rings. The third kappa shape index (κ3) is 3.21. The van der Waals surface area contributed by atoms with Crippen LogP contribution in [0.25, 0.3) is 0 Å². The fourth-order valence-electron chi connectivity index (χ4n) is 3.76. The number of piperidine rings is 1. The van der Waals surface area contributed by atoms with Crippen LogP contribution in [0.1, 0.15) is 32.1 Å². The van der Waals surface area contributed by atoms with Gasteiger partial charge < -0.3 is 14.4 Å². The summed E-state index contributed by atoms with van der Waals surface area (Å²) in [5.41, 5.74) is 0.244. The van der Waals surface area contributed by atoms with Crippen LogP contribution in [0, 0.1) is 11.3 Å². The van der Waals surface area contributed by atoms with Gasteiger partial charge in [0.05, 0.1) is 19.3 Å². The predicted octanol–water partition coefficient (Wildman–Crippen LogP) is 2.47. The summed E-state index contributed by atoms with van der Waals surface area (Å²) in [5.74, 6) is 0.979. The molecule has 2 saturated heterocycles. The van der Waals surface area contributed by atoms with E-state index >= 15 is 0 Å². The van der Waals surface area contributed by atoms with Crippen molar-refractivity contribution in [2.45, 2.75) is 38.2 Å². The highest BCUT2D eigenvalue weighted by molar-refractivity contribution is 4.97. The number of hydrogen-bond acceptors (Lipinski definition) is 3. The first-order valence-corrected chi connectivity index (χ1v) is 7.85. The van der Waals surface area contributed by atoms with E-state index in [4.69, 9.17) is 9.47 Å². The summed E-state index contributed by atoms with van der Waals surface area (Å²) in [4.78, 5) is 2.67. The molecule has 0 aromatic rings. The molecule has 0 N–H and O–H groups in total. The quantitative estimate of drug-likeness (QED) is 0.544. The van der Waals surface area contributed by atoms with E-state index in [1.54, 1.807) is 0 Å². The summed E-state index contributed by atoms with van der Waals surface area (Å²) in [6.45, 7) is 9.87. The van der Waals surface area contributed by atoms with Crippen LogP contribution in [0.4, 0.5) is 0 Å². The second kappa shape index (κ2) is 5.94. The maximum Gasteiger partial charge on any atom is 0.0677 e. The zero-order chi connectivity index (χ0) is 13.1. The molecule has 2 aliphatic heterocycles. The SMILES string of the molecule is C=CCOCC12CCCOC1CCN(CC1CC1)C2. The molecule has 19 heavy (non-hydrogen) atoms. The Kier molecular flexibility index (Phi) is 4.25. The second-order valence-electron chi connectivity index (χ2n) is 6.60. The number of hydrogen-bond donors (Lipinski definition) is 0. The van der Waals surface area contributed by atoms with Crippen LogP contribution in [0.5, 0.6) is 0 Å². The van der Waals surface area contributed by atoms with E-state index in [1.807, 2.05) is 6.08 Å². The molecule has 3 rings (SSSR count). The van der Waals surface area contributed by atoms with Crippen molar-refractivity contribution < 1.29 is 9.47 Å². The highest BCUT2D eigenvalue weighted by Crippen LogP contribution is 2.41. The lowest BCUT2D eigenvalue weighted by molar-refractivity contribution is -0.151. The van der Waals surface area contributed by atoms with E-state index in [2.05, 4.69) is 11.5 Å². The van der Waals surface area contributed by atoms with E-state index in [0.717, 1.165) is 19.1 Å². The molecule has 2 heterocycles. The maximum atomic E-state index is 6.05. The number of ether oxygens (including phenoxy) is 2. The summed E-state index contributed by atoms with van der Waals surface area (Å²) in [6, 6.07) is 0. The molecule has 1 saturated carbocycles. The van der Waals surface area contributed by atoms with Gasteiger partial charge >= 0.3 is 0 Å². The van der Waals surface area contributed by atoms with E-state index in [9.17, 15) is 0 Å². The largest absolute Gasteiger partial charge is 0.377 e. The van der Waals surface area contributed by atoms with E-state index in [1.165, 1.54) is 51.7 Å². The zero-order valence-corrected chi connectivity index (χ0v) is 12.0. The minimum atomic E-state index is 0.244. The van der Waals surface area contributed by atoms with Gasteiger partial charge in [0.2, 0.25) is 0 Å². The Bertz CT molecular complexity index is 316. The normalized spacial score (nSPS) is 35.9. The highest BCUT2D eigenvalue weighted by Gasteiger charge is 2.46. The first kappa shape index (κ1) is 13.6. The third-order valence-electron chi connectivity index (χ3n) is 4.91. The number of likely N-dealkylation sites (tertiary alicyclic amines) is 1. The summed E-state index contributed by atoms with van der Waals surface area (Å²) >= 11 is 0. The molecule has 108 valence electrons. The molecule has 1 aliphatic carbocycles. The van der Waals surface area contributed by atoms with Crippen LogP contribution < -0.4 is 0 Å². The van der Waals surface area contributed by atoms with Crippen molar-refractivity contribution in [2.75, 3.05) is 39.5 Å². The van der Waals surface area contributed by atoms with Crippen LogP contribution in [0.3, 0.4) is 0 Å². The van der Waals surface area contributed by atoms with E-state index < -0.39 is 0 Å². The van der Waals surface area contributed by atoms with Crippen molar-refractivity contribution in [3.63, 3.8) is 0 Å². The Morgan fingerprint density at radius 1 is 1.37 bits per heavy atom. The van der Waals surface area contributed by atoms with Gasteiger partial charge in [-0.1, -0.05) is 6.08 Å². The predicted molar refractivity (Wildman–Crippen MR) is 76.2 cm³/mol. The fourth-order valence-corrected chi connectivity index (χ4v) is 3.76. The van der Waals surface area contributed by atoms with Crippen LogP contribution in [-0.4, -0.2) is 50.5 Å². The van der Waals surface area contributed by atoms with Gasteiger partial charge in [0.15, 0.2) is 0 Å².